The third-order valence-electron chi connectivity index (χ3n) is 2.85. The van der Waals surface area contributed by atoms with Gasteiger partial charge in [0.25, 0.3) is 0 Å². The molecule has 0 saturated carbocycles. The van der Waals surface area contributed by atoms with E-state index < -0.39 is 6.10 Å². The number of thiophene rings is 2. The molecule has 0 aliphatic carbocycles. The van der Waals surface area contributed by atoms with Crippen LogP contribution in [-0.2, 0) is 12.2 Å². The summed E-state index contributed by atoms with van der Waals surface area (Å²) in [5.74, 6) is 2.30. The quantitative estimate of drug-likeness (QED) is 0.712. The first-order chi connectivity index (χ1) is 8.65. The summed E-state index contributed by atoms with van der Waals surface area (Å²) in [5, 5.41) is 10.5. The van der Waals surface area contributed by atoms with Crippen LogP contribution >= 0.6 is 66.3 Å². The molecule has 1 aliphatic heterocycles. The van der Waals surface area contributed by atoms with Crippen molar-refractivity contribution in [2.24, 2.45) is 0 Å². The molecule has 0 amide bonds. The van der Waals surface area contributed by atoms with E-state index in [0.717, 1.165) is 30.2 Å². The smallest absolute Gasteiger partial charge is 0.122 e. The first-order valence-electron chi connectivity index (χ1n) is 5.47. The molecular weight excluding hydrogens is 416 g/mol. The summed E-state index contributed by atoms with van der Waals surface area (Å²) in [6, 6.07) is 4.17. The Morgan fingerprint density at radius 2 is 1.94 bits per heavy atom. The van der Waals surface area contributed by atoms with Gasteiger partial charge in [-0.25, -0.2) is 0 Å². The van der Waals surface area contributed by atoms with E-state index in [2.05, 4.69) is 37.9 Å². The Balaban J connectivity index is 1.92. The predicted octanol–water partition coefficient (Wildman–Crippen LogP) is 5.21. The number of thioether (sulfide) groups is 1. The van der Waals surface area contributed by atoms with Crippen molar-refractivity contribution in [2.45, 2.75) is 18.3 Å². The number of fused-ring (bicyclic) bond motifs is 1. The average molecular weight is 426 g/mol. The van der Waals surface area contributed by atoms with E-state index in [9.17, 15) is 5.11 Å². The molecular formula is C12H10Br2OS3. The molecule has 3 heterocycles. The van der Waals surface area contributed by atoms with E-state index in [1.165, 1.54) is 16.2 Å². The van der Waals surface area contributed by atoms with Gasteiger partial charge in [-0.15, -0.1) is 22.7 Å². The Morgan fingerprint density at radius 1 is 1.17 bits per heavy atom. The predicted molar refractivity (Wildman–Crippen MR) is 88.0 cm³/mol. The highest BCUT2D eigenvalue weighted by molar-refractivity contribution is 9.13. The number of aliphatic hydroxyl groups is 1. The first kappa shape index (κ1) is 13.6. The van der Waals surface area contributed by atoms with Gasteiger partial charge in [0.1, 0.15) is 6.10 Å². The van der Waals surface area contributed by atoms with Gasteiger partial charge < -0.3 is 5.11 Å². The zero-order chi connectivity index (χ0) is 12.7. The van der Waals surface area contributed by atoms with Gasteiger partial charge in [-0.3, -0.25) is 0 Å². The highest BCUT2D eigenvalue weighted by Gasteiger charge is 2.21. The monoisotopic (exact) mass is 424 g/mol. The summed E-state index contributed by atoms with van der Waals surface area (Å²) in [4.78, 5) is 3.52. The first-order valence-corrected chi connectivity index (χ1v) is 9.84. The van der Waals surface area contributed by atoms with Crippen molar-refractivity contribution in [1.29, 1.82) is 0 Å². The number of hydrogen-bond donors (Lipinski definition) is 1. The lowest BCUT2D eigenvalue weighted by atomic mass is 10.2. The Morgan fingerprint density at radius 3 is 2.61 bits per heavy atom. The van der Waals surface area contributed by atoms with E-state index in [1.54, 1.807) is 22.7 Å². The van der Waals surface area contributed by atoms with Crippen LogP contribution in [0.2, 0.25) is 0 Å². The minimum absolute atomic E-state index is 0.488. The van der Waals surface area contributed by atoms with Crippen molar-refractivity contribution >= 4 is 66.3 Å². The minimum atomic E-state index is -0.488. The average Bonchev–Trinajstić information content (AvgIpc) is 2.93. The standard InChI is InChI=1S/C12H10Br2OS3/c13-7-4-10(18-12(7)14)11(15)9-3-6-5-16-2-1-8(6)17-9/h3-4,11,15H,1-2,5H2. The lowest BCUT2D eigenvalue weighted by Crippen LogP contribution is -1.96. The van der Waals surface area contributed by atoms with E-state index in [0.29, 0.717) is 0 Å². The highest BCUT2D eigenvalue weighted by Crippen LogP contribution is 2.41. The fourth-order valence-corrected chi connectivity index (χ4v) is 6.49. The summed E-state index contributed by atoms with van der Waals surface area (Å²) < 4.78 is 2.05. The second-order valence-electron chi connectivity index (χ2n) is 4.07. The second kappa shape index (κ2) is 5.58. The summed E-state index contributed by atoms with van der Waals surface area (Å²) in [7, 11) is 0. The highest BCUT2D eigenvalue weighted by atomic mass is 79.9. The van der Waals surface area contributed by atoms with Crippen LogP contribution in [0, 0.1) is 0 Å². The third kappa shape index (κ3) is 2.60. The molecule has 1 unspecified atom stereocenters. The molecule has 6 heteroatoms. The van der Waals surface area contributed by atoms with Crippen LogP contribution in [0.3, 0.4) is 0 Å². The normalized spacial score (nSPS) is 16.6. The van der Waals surface area contributed by atoms with Gasteiger partial charge in [-0.1, -0.05) is 0 Å². The Hall–Kier alpha value is 0.670. The molecule has 0 spiro atoms. The minimum Gasteiger partial charge on any atom is -0.382 e. The molecule has 96 valence electrons. The molecule has 1 nitrogen and oxygen atoms in total. The van der Waals surface area contributed by atoms with Gasteiger partial charge in [0.2, 0.25) is 0 Å². The summed E-state index contributed by atoms with van der Waals surface area (Å²) in [6.45, 7) is 0. The van der Waals surface area contributed by atoms with Crippen molar-refractivity contribution in [3.05, 3.63) is 40.6 Å². The molecule has 18 heavy (non-hydrogen) atoms. The summed E-state index contributed by atoms with van der Waals surface area (Å²) in [5.41, 5.74) is 1.42. The maximum absolute atomic E-state index is 10.5. The lowest BCUT2D eigenvalue weighted by molar-refractivity contribution is 0.228. The zero-order valence-electron chi connectivity index (χ0n) is 9.28. The molecule has 3 rings (SSSR count). The van der Waals surface area contributed by atoms with Crippen LogP contribution in [0.4, 0.5) is 0 Å². The Labute approximate surface area is 135 Å². The largest absolute Gasteiger partial charge is 0.382 e. The van der Waals surface area contributed by atoms with E-state index in [-0.39, 0.29) is 0 Å². The van der Waals surface area contributed by atoms with Gasteiger partial charge in [-0.05, 0) is 61.7 Å². The number of rotatable bonds is 2. The molecule has 2 aromatic heterocycles. The van der Waals surface area contributed by atoms with Gasteiger partial charge in [0, 0.05) is 24.9 Å². The van der Waals surface area contributed by atoms with Crippen LogP contribution in [0.15, 0.2) is 20.4 Å². The van der Waals surface area contributed by atoms with Crippen LogP contribution < -0.4 is 0 Å². The molecule has 1 atom stereocenters. The van der Waals surface area contributed by atoms with Crippen molar-refractivity contribution < 1.29 is 5.11 Å². The molecule has 1 N–H and O–H groups in total. The summed E-state index contributed by atoms with van der Waals surface area (Å²) >= 11 is 12.3. The molecule has 1 aliphatic rings. The SMILES string of the molecule is OC(c1cc(Br)c(Br)s1)c1cc2c(s1)CCSC2. The molecule has 0 radical (unpaired) electrons. The number of aryl methyl sites for hydroxylation is 1. The Kier molecular flexibility index (Phi) is 4.23. The number of aliphatic hydroxyl groups excluding tert-OH is 1. The molecule has 2 aromatic rings. The van der Waals surface area contributed by atoms with Crippen molar-refractivity contribution in [3.8, 4) is 0 Å². The molecule has 0 saturated heterocycles. The maximum Gasteiger partial charge on any atom is 0.122 e. The fourth-order valence-electron chi connectivity index (χ4n) is 1.94. The number of halogens is 2. The second-order valence-corrected chi connectivity index (χ2v) is 9.60. The van der Waals surface area contributed by atoms with Gasteiger partial charge in [0.05, 0.1) is 3.79 Å². The van der Waals surface area contributed by atoms with Crippen LogP contribution in [0.1, 0.15) is 26.3 Å². The topological polar surface area (TPSA) is 20.2 Å². The molecule has 0 aromatic carbocycles. The van der Waals surface area contributed by atoms with Crippen molar-refractivity contribution in [1.82, 2.24) is 0 Å². The van der Waals surface area contributed by atoms with Gasteiger partial charge in [-0.2, -0.15) is 11.8 Å². The molecule has 0 fully saturated rings. The fraction of sp³-hybridized carbons (Fsp3) is 0.333. The van der Waals surface area contributed by atoms with Gasteiger partial charge >= 0.3 is 0 Å². The van der Waals surface area contributed by atoms with E-state index >= 15 is 0 Å². The van der Waals surface area contributed by atoms with Crippen LogP contribution in [-0.4, -0.2) is 10.9 Å². The zero-order valence-corrected chi connectivity index (χ0v) is 14.9. The van der Waals surface area contributed by atoms with Crippen LogP contribution in [0.25, 0.3) is 0 Å². The summed E-state index contributed by atoms with van der Waals surface area (Å²) in [6.07, 6.45) is 0.660. The maximum atomic E-state index is 10.5. The van der Waals surface area contributed by atoms with Crippen molar-refractivity contribution in [2.75, 3.05) is 5.75 Å². The van der Waals surface area contributed by atoms with Crippen molar-refractivity contribution in [3.63, 3.8) is 0 Å². The Bertz CT molecular complexity index is 533. The number of hydrogen-bond acceptors (Lipinski definition) is 4. The van der Waals surface area contributed by atoms with Gasteiger partial charge in [0.15, 0.2) is 0 Å². The third-order valence-corrected chi connectivity index (χ3v) is 8.46. The lowest BCUT2D eigenvalue weighted by Gasteiger charge is -2.08. The molecule has 0 bridgehead atoms. The van der Waals surface area contributed by atoms with E-state index in [1.807, 2.05) is 17.8 Å². The van der Waals surface area contributed by atoms with Crippen LogP contribution in [0.5, 0.6) is 0 Å². The van der Waals surface area contributed by atoms with E-state index in [4.69, 9.17) is 0 Å².